The Bertz CT molecular complexity index is 395. The lowest BCUT2D eigenvalue weighted by Gasteiger charge is -2.00. The van der Waals surface area contributed by atoms with Crippen LogP contribution in [-0.4, -0.2) is 25.0 Å². The maximum atomic E-state index is 3.94. The molecule has 2 aromatic heterocycles. The lowest BCUT2D eigenvalue weighted by Crippen LogP contribution is -2.00. The predicted molar refractivity (Wildman–Crippen MR) is 50.4 cm³/mol. The summed E-state index contributed by atoms with van der Waals surface area (Å²) < 4.78 is 1.67. The van der Waals surface area contributed by atoms with Crippen molar-refractivity contribution in [2.45, 2.75) is 6.54 Å². The van der Waals surface area contributed by atoms with E-state index >= 15 is 0 Å². The minimum Gasteiger partial charge on any atom is -0.377 e. The fourth-order valence-electron chi connectivity index (χ4n) is 1.06. The van der Waals surface area contributed by atoms with Gasteiger partial charge in [-0.1, -0.05) is 5.21 Å². The third-order valence-electron chi connectivity index (χ3n) is 1.68. The second-order valence-electron chi connectivity index (χ2n) is 2.86. The highest BCUT2D eigenvalue weighted by Gasteiger charge is 1.97. The molecule has 2 aromatic rings. The number of hydrogen-bond donors (Lipinski definition) is 1. The Hall–Kier alpha value is -1.98. The number of hydrogen-bond acceptors (Lipinski definition) is 5. The SMILES string of the molecule is Cn1cc(CNc2cncnc2)nn1. The zero-order valence-electron chi connectivity index (χ0n) is 7.75. The molecule has 6 heteroatoms. The summed E-state index contributed by atoms with van der Waals surface area (Å²) in [6, 6.07) is 0. The second kappa shape index (κ2) is 3.82. The van der Waals surface area contributed by atoms with Gasteiger partial charge in [0, 0.05) is 13.2 Å². The molecule has 0 saturated heterocycles. The van der Waals surface area contributed by atoms with Crippen LogP contribution in [0, 0.1) is 0 Å². The van der Waals surface area contributed by atoms with Crippen molar-refractivity contribution >= 4 is 5.69 Å². The molecule has 1 N–H and O–H groups in total. The first-order chi connectivity index (χ1) is 6.84. The topological polar surface area (TPSA) is 68.5 Å². The van der Waals surface area contributed by atoms with Crippen LogP contribution in [0.1, 0.15) is 5.69 Å². The lowest BCUT2D eigenvalue weighted by molar-refractivity contribution is 0.713. The summed E-state index contributed by atoms with van der Waals surface area (Å²) in [4.78, 5) is 7.77. The summed E-state index contributed by atoms with van der Waals surface area (Å²) in [5, 5.41) is 10.9. The first-order valence-electron chi connectivity index (χ1n) is 4.18. The molecule has 0 unspecified atom stereocenters. The molecule has 0 radical (unpaired) electrons. The van der Waals surface area contributed by atoms with Gasteiger partial charge < -0.3 is 5.32 Å². The maximum Gasteiger partial charge on any atom is 0.115 e. The van der Waals surface area contributed by atoms with Gasteiger partial charge in [0.05, 0.1) is 24.6 Å². The number of aryl methyl sites for hydroxylation is 1. The van der Waals surface area contributed by atoms with E-state index < -0.39 is 0 Å². The summed E-state index contributed by atoms with van der Waals surface area (Å²) in [7, 11) is 1.84. The molecule has 0 spiro atoms. The smallest absolute Gasteiger partial charge is 0.115 e. The molecule has 0 atom stereocenters. The van der Waals surface area contributed by atoms with E-state index in [1.807, 2.05) is 13.2 Å². The number of nitrogens with zero attached hydrogens (tertiary/aromatic N) is 5. The van der Waals surface area contributed by atoms with Gasteiger partial charge in [0.1, 0.15) is 12.0 Å². The predicted octanol–water partition coefficient (Wildman–Crippen LogP) is 0.217. The van der Waals surface area contributed by atoms with Crippen molar-refractivity contribution in [2.75, 3.05) is 5.32 Å². The zero-order valence-corrected chi connectivity index (χ0v) is 7.75. The quantitative estimate of drug-likeness (QED) is 0.749. The van der Waals surface area contributed by atoms with Gasteiger partial charge in [-0.3, -0.25) is 4.68 Å². The minimum absolute atomic E-state index is 0.626. The minimum atomic E-state index is 0.626. The molecule has 6 nitrogen and oxygen atoms in total. The van der Waals surface area contributed by atoms with E-state index in [0.29, 0.717) is 6.54 Å². The highest BCUT2D eigenvalue weighted by atomic mass is 15.4. The molecule has 0 fully saturated rings. The highest BCUT2D eigenvalue weighted by Crippen LogP contribution is 2.02. The highest BCUT2D eigenvalue weighted by molar-refractivity contribution is 5.37. The van der Waals surface area contributed by atoms with E-state index in [2.05, 4.69) is 25.6 Å². The van der Waals surface area contributed by atoms with Gasteiger partial charge in [-0.2, -0.15) is 0 Å². The zero-order chi connectivity index (χ0) is 9.80. The van der Waals surface area contributed by atoms with Crippen LogP contribution in [0.4, 0.5) is 5.69 Å². The number of nitrogens with one attached hydrogen (secondary N) is 1. The monoisotopic (exact) mass is 190 g/mol. The van der Waals surface area contributed by atoms with Crippen molar-refractivity contribution in [3.8, 4) is 0 Å². The molecule has 0 aliphatic rings. The van der Waals surface area contributed by atoms with Gasteiger partial charge in [0.25, 0.3) is 0 Å². The van der Waals surface area contributed by atoms with E-state index in [9.17, 15) is 0 Å². The van der Waals surface area contributed by atoms with Crippen LogP contribution >= 0.6 is 0 Å². The average molecular weight is 190 g/mol. The van der Waals surface area contributed by atoms with Gasteiger partial charge in [-0.05, 0) is 0 Å². The molecule has 2 rings (SSSR count). The Morgan fingerprint density at radius 3 is 2.79 bits per heavy atom. The molecular formula is C8H10N6. The Labute approximate surface area is 81.0 Å². The molecule has 0 aromatic carbocycles. The van der Waals surface area contributed by atoms with Gasteiger partial charge >= 0.3 is 0 Å². The average Bonchev–Trinajstić information content (AvgIpc) is 2.63. The molecule has 0 aliphatic heterocycles. The largest absolute Gasteiger partial charge is 0.377 e. The first kappa shape index (κ1) is 8.61. The van der Waals surface area contributed by atoms with Crippen molar-refractivity contribution in [3.63, 3.8) is 0 Å². The summed E-state index contributed by atoms with van der Waals surface area (Å²) >= 11 is 0. The molecule has 0 bridgehead atoms. The molecule has 0 aliphatic carbocycles. The molecule has 0 amide bonds. The Kier molecular flexibility index (Phi) is 2.35. The molecule has 0 saturated carbocycles. The maximum absolute atomic E-state index is 3.94. The van der Waals surface area contributed by atoms with Crippen molar-refractivity contribution in [1.82, 2.24) is 25.0 Å². The van der Waals surface area contributed by atoms with Crippen LogP contribution in [0.5, 0.6) is 0 Å². The van der Waals surface area contributed by atoms with Gasteiger partial charge in [-0.25, -0.2) is 9.97 Å². The lowest BCUT2D eigenvalue weighted by atomic mass is 10.4. The van der Waals surface area contributed by atoms with Crippen molar-refractivity contribution in [3.05, 3.63) is 30.6 Å². The van der Waals surface area contributed by atoms with E-state index in [1.54, 1.807) is 17.1 Å². The second-order valence-corrected chi connectivity index (χ2v) is 2.86. The van der Waals surface area contributed by atoms with Gasteiger partial charge in [-0.15, -0.1) is 5.10 Å². The fourth-order valence-corrected chi connectivity index (χ4v) is 1.06. The first-order valence-corrected chi connectivity index (χ1v) is 4.18. The molecule has 72 valence electrons. The van der Waals surface area contributed by atoms with Crippen LogP contribution in [0.25, 0.3) is 0 Å². The number of aromatic nitrogens is 5. The summed E-state index contributed by atoms with van der Waals surface area (Å²) in [5.74, 6) is 0. The normalized spacial score (nSPS) is 10.1. The molecule has 14 heavy (non-hydrogen) atoms. The standard InChI is InChI=1S/C8H10N6/c1-14-5-8(12-13-14)4-11-7-2-9-6-10-3-7/h2-3,5-6,11H,4H2,1H3. The van der Waals surface area contributed by atoms with Crippen molar-refractivity contribution in [1.29, 1.82) is 0 Å². The Balaban J connectivity index is 1.95. The van der Waals surface area contributed by atoms with Crippen molar-refractivity contribution < 1.29 is 0 Å². The Morgan fingerprint density at radius 1 is 1.36 bits per heavy atom. The number of anilines is 1. The van der Waals surface area contributed by atoms with E-state index in [1.165, 1.54) is 6.33 Å². The van der Waals surface area contributed by atoms with E-state index in [-0.39, 0.29) is 0 Å². The van der Waals surface area contributed by atoms with Crippen LogP contribution < -0.4 is 5.32 Å². The molecular weight excluding hydrogens is 180 g/mol. The van der Waals surface area contributed by atoms with Crippen LogP contribution in [-0.2, 0) is 13.6 Å². The van der Waals surface area contributed by atoms with Gasteiger partial charge in [0.2, 0.25) is 0 Å². The summed E-state index contributed by atoms with van der Waals surface area (Å²) in [5.41, 5.74) is 1.76. The van der Waals surface area contributed by atoms with Crippen LogP contribution in [0.2, 0.25) is 0 Å². The Morgan fingerprint density at radius 2 is 2.14 bits per heavy atom. The third kappa shape index (κ3) is 2.03. The van der Waals surface area contributed by atoms with Crippen LogP contribution in [0.3, 0.4) is 0 Å². The van der Waals surface area contributed by atoms with E-state index in [0.717, 1.165) is 11.4 Å². The van der Waals surface area contributed by atoms with Crippen LogP contribution in [0.15, 0.2) is 24.9 Å². The summed E-state index contributed by atoms with van der Waals surface area (Å²) in [6.07, 6.45) is 6.77. The van der Waals surface area contributed by atoms with Crippen molar-refractivity contribution in [2.24, 2.45) is 7.05 Å². The molecule has 2 heterocycles. The summed E-state index contributed by atoms with van der Waals surface area (Å²) in [6.45, 7) is 0.626. The fraction of sp³-hybridized carbons (Fsp3) is 0.250. The van der Waals surface area contributed by atoms with Gasteiger partial charge in [0.15, 0.2) is 0 Å². The van der Waals surface area contributed by atoms with E-state index in [4.69, 9.17) is 0 Å². The number of rotatable bonds is 3. The third-order valence-corrected chi connectivity index (χ3v) is 1.68.